The summed E-state index contributed by atoms with van der Waals surface area (Å²) < 4.78 is 161. The minimum Gasteiger partial charge on any atom is -0.463 e. The molecule has 0 saturated heterocycles. The molecule has 7 nitrogen and oxygen atoms in total. The van der Waals surface area contributed by atoms with Gasteiger partial charge in [-0.15, -0.1) is 0 Å². The summed E-state index contributed by atoms with van der Waals surface area (Å²) in [6, 6.07) is 4.39. The van der Waals surface area contributed by atoms with Crippen LogP contribution in [0.4, 0.5) is 43.9 Å². The van der Waals surface area contributed by atoms with E-state index in [1.54, 1.807) is 0 Å². The van der Waals surface area contributed by atoms with E-state index in [-0.39, 0.29) is 5.32 Å². The van der Waals surface area contributed by atoms with E-state index >= 15 is 0 Å². The molecule has 0 fully saturated rings. The van der Waals surface area contributed by atoms with Gasteiger partial charge in [0.2, 0.25) is 10.0 Å². The highest BCUT2D eigenvalue weighted by atomic mass is 32.2. The van der Waals surface area contributed by atoms with Crippen molar-refractivity contribution in [2.75, 3.05) is 6.61 Å². The van der Waals surface area contributed by atoms with E-state index in [4.69, 9.17) is 0 Å². The van der Waals surface area contributed by atoms with E-state index in [2.05, 4.69) is 4.74 Å². The van der Waals surface area contributed by atoms with Crippen LogP contribution in [0.5, 0.6) is 0 Å². The fraction of sp³-hybridized carbons (Fsp3) is 0.467. The quantitative estimate of drug-likeness (QED) is 0.311. The lowest BCUT2D eigenvalue weighted by Gasteiger charge is -2.36. The number of carbonyl (C=O) groups excluding carboxylic acids is 2. The summed E-state index contributed by atoms with van der Waals surface area (Å²) in [6.45, 7) is -0.145. The van der Waals surface area contributed by atoms with Crippen LogP contribution in [0, 0.1) is 0 Å². The van der Waals surface area contributed by atoms with Gasteiger partial charge in [-0.2, -0.15) is 48.6 Å². The molecule has 18 heteroatoms. The summed E-state index contributed by atoms with van der Waals surface area (Å²) in [5.41, 5.74) is -5.22. The highest BCUT2D eigenvalue weighted by molar-refractivity contribution is 7.89. The van der Waals surface area contributed by atoms with Gasteiger partial charge in [-0.1, -0.05) is 18.2 Å². The molecule has 0 radical (unpaired) electrons. The Morgan fingerprint density at radius 1 is 0.879 bits per heavy atom. The molecule has 0 spiro atoms. The standard InChI is InChI=1S/C15H12F10N2O5S/c1-2-32-10(29)12(14(20,21)22,27-33(30,31)8-6-4-3-5-7-8)26-9(28)11(16,17)13(18,19)15(23,24)25/h3-7,27H,2H2,1H3,(H,26,28)/t12-/m1/s1. The fourth-order valence-corrected chi connectivity index (χ4v) is 3.32. The van der Waals surface area contributed by atoms with Gasteiger partial charge in [-0.05, 0) is 19.1 Å². The average molecular weight is 522 g/mol. The third-order valence-corrected chi connectivity index (χ3v) is 5.15. The lowest BCUT2D eigenvalue weighted by atomic mass is 10.1. The molecule has 1 amide bonds. The second kappa shape index (κ2) is 8.96. The summed E-state index contributed by atoms with van der Waals surface area (Å²) in [5, 5.41) is -0.0593. The Morgan fingerprint density at radius 3 is 1.76 bits per heavy atom. The van der Waals surface area contributed by atoms with Crippen LogP contribution in [0.25, 0.3) is 0 Å². The topological polar surface area (TPSA) is 102 Å². The minimum atomic E-state index is -7.21. The van der Waals surface area contributed by atoms with Crippen LogP contribution in [0.3, 0.4) is 0 Å². The highest BCUT2D eigenvalue weighted by Gasteiger charge is 2.78. The Bertz CT molecular complexity index is 979. The molecule has 1 rings (SSSR count). The number of rotatable bonds is 8. The molecule has 0 aromatic heterocycles. The molecule has 1 atom stereocenters. The van der Waals surface area contributed by atoms with E-state index in [0.717, 1.165) is 19.1 Å². The number of hydrogen-bond donors (Lipinski definition) is 2. The average Bonchev–Trinajstić information content (AvgIpc) is 2.66. The molecule has 1 aromatic carbocycles. The number of esters is 1. The molecule has 0 saturated carbocycles. The van der Waals surface area contributed by atoms with Gasteiger partial charge in [0.1, 0.15) is 0 Å². The van der Waals surface area contributed by atoms with Crippen LogP contribution in [0.1, 0.15) is 6.92 Å². The third kappa shape index (κ3) is 5.31. The van der Waals surface area contributed by atoms with Crippen LogP contribution in [-0.2, 0) is 24.3 Å². The first-order valence-corrected chi connectivity index (χ1v) is 9.63. The predicted molar refractivity (Wildman–Crippen MR) is 86.3 cm³/mol. The second-order valence-corrected chi connectivity index (χ2v) is 7.67. The van der Waals surface area contributed by atoms with Gasteiger partial charge in [0.15, 0.2) is 0 Å². The summed E-state index contributed by atoms with van der Waals surface area (Å²) in [4.78, 5) is 22.5. The normalized spacial score (nSPS) is 15.5. The first-order valence-electron chi connectivity index (χ1n) is 8.15. The van der Waals surface area contributed by atoms with E-state index in [1.807, 2.05) is 0 Å². The molecule has 33 heavy (non-hydrogen) atoms. The number of benzene rings is 1. The number of nitrogens with one attached hydrogen (secondary N) is 2. The van der Waals surface area contributed by atoms with E-state index in [9.17, 15) is 61.9 Å². The Balaban J connectivity index is 3.69. The number of sulfonamides is 1. The van der Waals surface area contributed by atoms with Gasteiger partial charge < -0.3 is 10.1 Å². The molecule has 2 N–H and O–H groups in total. The molecule has 0 aliphatic rings. The van der Waals surface area contributed by atoms with Crippen molar-refractivity contribution in [1.29, 1.82) is 0 Å². The van der Waals surface area contributed by atoms with Crippen molar-refractivity contribution in [3.63, 3.8) is 0 Å². The van der Waals surface area contributed by atoms with E-state index in [0.29, 0.717) is 16.9 Å². The molecule has 0 bridgehead atoms. The van der Waals surface area contributed by atoms with Gasteiger partial charge >= 0.3 is 35.8 Å². The molecule has 0 aliphatic heterocycles. The van der Waals surface area contributed by atoms with Crippen molar-refractivity contribution in [2.45, 2.75) is 41.7 Å². The number of ether oxygens (including phenoxy) is 1. The zero-order chi connectivity index (χ0) is 26.1. The maximum Gasteiger partial charge on any atom is 0.460 e. The predicted octanol–water partition coefficient (Wildman–Crippen LogP) is 2.74. The van der Waals surface area contributed by atoms with Gasteiger partial charge in [-0.3, -0.25) is 4.79 Å². The number of hydrogen-bond acceptors (Lipinski definition) is 5. The monoisotopic (exact) mass is 522 g/mol. The molecule has 1 aromatic rings. The SMILES string of the molecule is CCOC(=O)[C@@](NC(=O)C(F)(F)C(F)(F)C(F)(F)F)(NS(=O)(=O)c1ccccc1)C(F)(F)F. The maximum absolute atomic E-state index is 13.8. The summed E-state index contributed by atoms with van der Waals surface area (Å²) >= 11 is 0. The van der Waals surface area contributed by atoms with Gasteiger partial charge in [0.25, 0.3) is 5.91 Å². The summed E-state index contributed by atoms with van der Waals surface area (Å²) in [5.74, 6) is -21.0. The zero-order valence-electron chi connectivity index (χ0n) is 15.8. The molecular weight excluding hydrogens is 510 g/mol. The van der Waals surface area contributed by atoms with E-state index in [1.165, 1.54) is 6.07 Å². The van der Waals surface area contributed by atoms with Gasteiger partial charge in [0.05, 0.1) is 11.5 Å². The highest BCUT2D eigenvalue weighted by Crippen LogP contribution is 2.47. The number of carbonyl (C=O) groups is 2. The van der Waals surface area contributed by atoms with Crippen molar-refractivity contribution < 1.29 is 66.6 Å². The molecular formula is C15H12F10N2O5S. The van der Waals surface area contributed by atoms with Crippen LogP contribution < -0.4 is 10.0 Å². The largest absolute Gasteiger partial charge is 0.463 e. The number of halogens is 10. The Hall–Kier alpha value is -2.63. The Labute approximate surface area is 178 Å². The van der Waals surface area contributed by atoms with Crippen molar-refractivity contribution in [3.05, 3.63) is 30.3 Å². The van der Waals surface area contributed by atoms with Crippen molar-refractivity contribution in [2.24, 2.45) is 0 Å². The van der Waals surface area contributed by atoms with Crippen molar-refractivity contribution in [1.82, 2.24) is 10.0 Å². The fourth-order valence-electron chi connectivity index (χ4n) is 2.03. The Morgan fingerprint density at radius 2 is 1.36 bits per heavy atom. The molecule has 0 heterocycles. The lowest BCUT2D eigenvalue weighted by Crippen LogP contribution is -2.76. The molecule has 188 valence electrons. The summed E-state index contributed by atoms with van der Waals surface area (Å²) in [7, 11) is -5.56. The first kappa shape index (κ1) is 28.4. The van der Waals surface area contributed by atoms with Crippen LogP contribution in [-0.4, -0.2) is 56.8 Å². The maximum atomic E-state index is 13.8. The van der Waals surface area contributed by atoms with Crippen LogP contribution in [0.15, 0.2) is 35.2 Å². The first-order chi connectivity index (χ1) is 14.7. The molecule has 0 aliphatic carbocycles. The second-order valence-electron chi connectivity index (χ2n) is 5.99. The minimum absolute atomic E-state index is 0.0593. The lowest BCUT2D eigenvalue weighted by molar-refractivity contribution is -0.344. The molecule has 0 unspecified atom stereocenters. The van der Waals surface area contributed by atoms with Gasteiger partial charge in [-0.25, -0.2) is 13.2 Å². The zero-order valence-corrected chi connectivity index (χ0v) is 16.6. The van der Waals surface area contributed by atoms with Crippen LogP contribution in [0.2, 0.25) is 0 Å². The van der Waals surface area contributed by atoms with E-state index < -0.39 is 63.3 Å². The number of amides is 1. The van der Waals surface area contributed by atoms with Crippen molar-refractivity contribution >= 4 is 21.9 Å². The Kier molecular flexibility index (Phi) is 7.71. The third-order valence-electron chi connectivity index (χ3n) is 3.68. The van der Waals surface area contributed by atoms with Crippen LogP contribution >= 0.6 is 0 Å². The van der Waals surface area contributed by atoms with Crippen molar-refractivity contribution in [3.8, 4) is 0 Å². The summed E-state index contributed by atoms with van der Waals surface area (Å²) in [6.07, 6.45) is -13.6. The number of alkyl halides is 10. The smallest absolute Gasteiger partial charge is 0.460 e. The van der Waals surface area contributed by atoms with Gasteiger partial charge in [0, 0.05) is 0 Å².